The van der Waals surface area contributed by atoms with Gasteiger partial charge in [-0.1, -0.05) is 32.9 Å². The first-order chi connectivity index (χ1) is 12.8. The number of carbonyl (C=O) groups excluding carboxylic acids is 1. The number of benzene rings is 1. The monoisotopic (exact) mass is 384 g/mol. The minimum Gasteiger partial charge on any atom is -0.458 e. The van der Waals surface area contributed by atoms with Crippen molar-refractivity contribution in [2.24, 2.45) is 12.5 Å². The molecule has 1 aromatic heterocycles. The van der Waals surface area contributed by atoms with Gasteiger partial charge in [-0.2, -0.15) is 0 Å². The minimum atomic E-state index is -0.263. The van der Waals surface area contributed by atoms with Crippen LogP contribution >= 0.6 is 0 Å². The van der Waals surface area contributed by atoms with Gasteiger partial charge in [-0.15, -0.1) is 0 Å². The van der Waals surface area contributed by atoms with Crippen LogP contribution in [0.1, 0.15) is 71.8 Å². The Morgan fingerprint density at radius 1 is 1.07 bits per heavy atom. The van der Waals surface area contributed by atoms with Gasteiger partial charge < -0.3 is 14.6 Å². The number of ether oxygens (including phenoxy) is 1. The van der Waals surface area contributed by atoms with Gasteiger partial charge in [0.1, 0.15) is 5.69 Å². The highest BCUT2D eigenvalue weighted by Crippen LogP contribution is 2.26. The van der Waals surface area contributed by atoms with Crippen molar-refractivity contribution in [3.8, 4) is 11.1 Å². The van der Waals surface area contributed by atoms with Gasteiger partial charge >= 0.3 is 5.97 Å². The number of hydrogen-bond donors (Lipinski definition) is 1. The van der Waals surface area contributed by atoms with E-state index in [0.717, 1.165) is 29.7 Å². The van der Waals surface area contributed by atoms with E-state index in [2.05, 4.69) is 71.1 Å². The summed E-state index contributed by atoms with van der Waals surface area (Å²) in [6.07, 6.45) is 3.78. The maximum Gasteiger partial charge on any atom is 0.355 e. The SMILES string of the molecule is C[C@@H](CCC(C)(C)C)OC(=O)c1cc(-c2ccc(NC(C)(C)C)cc2)cn1C. The fourth-order valence-corrected chi connectivity index (χ4v) is 3.04. The number of aryl methyl sites for hydroxylation is 1. The number of esters is 1. The van der Waals surface area contributed by atoms with E-state index in [-0.39, 0.29) is 23.0 Å². The van der Waals surface area contributed by atoms with Crippen molar-refractivity contribution in [1.82, 2.24) is 4.57 Å². The van der Waals surface area contributed by atoms with E-state index < -0.39 is 0 Å². The Balaban J connectivity index is 2.07. The lowest BCUT2D eigenvalue weighted by Crippen LogP contribution is -2.25. The molecule has 1 N–H and O–H groups in total. The molecule has 0 unspecified atom stereocenters. The van der Waals surface area contributed by atoms with Crippen molar-refractivity contribution in [3.05, 3.63) is 42.2 Å². The van der Waals surface area contributed by atoms with E-state index >= 15 is 0 Å². The maximum absolute atomic E-state index is 12.6. The average Bonchev–Trinajstić information content (AvgIpc) is 2.93. The molecule has 0 bridgehead atoms. The lowest BCUT2D eigenvalue weighted by Gasteiger charge is -2.22. The molecule has 1 aromatic carbocycles. The topological polar surface area (TPSA) is 43.3 Å². The van der Waals surface area contributed by atoms with Crippen molar-refractivity contribution in [2.45, 2.75) is 73.0 Å². The number of carbonyl (C=O) groups is 1. The molecule has 2 aromatic rings. The van der Waals surface area contributed by atoms with Gasteiger partial charge in [0.05, 0.1) is 6.10 Å². The van der Waals surface area contributed by atoms with Crippen molar-refractivity contribution in [3.63, 3.8) is 0 Å². The van der Waals surface area contributed by atoms with Crippen LogP contribution in [0.4, 0.5) is 5.69 Å². The van der Waals surface area contributed by atoms with Gasteiger partial charge in [-0.3, -0.25) is 0 Å². The molecule has 0 aliphatic rings. The lowest BCUT2D eigenvalue weighted by molar-refractivity contribution is 0.0290. The van der Waals surface area contributed by atoms with Crippen LogP contribution in [0.2, 0.25) is 0 Å². The zero-order chi connectivity index (χ0) is 21.1. The van der Waals surface area contributed by atoms with E-state index in [4.69, 9.17) is 4.74 Å². The molecule has 0 aliphatic heterocycles. The van der Waals surface area contributed by atoms with Crippen LogP contribution in [0.15, 0.2) is 36.5 Å². The van der Waals surface area contributed by atoms with Gasteiger partial charge in [0.15, 0.2) is 0 Å². The van der Waals surface area contributed by atoms with Crippen LogP contribution < -0.4 is 5.32 Å². The number of nitrogens with zero attached hydrogens (tertiary/aromatic N) is 1. The number of nitrogens with one attached hydrogen (secondary N) is 1. The zero-order valence-corrected chi connectivity index (χ0v) is 18.7. The first-order valence-electron chi connectivity index (χ1n) is 10.1. The number of aromatic nitrogens is 1. The first-order valence-corrected chi connectivity index (χ1v) is 10.1. The van der Waals surface area contributed by atoms with Crippen LogP contribution in [0.25, 0.3) is 11.1 Å². The van der Waals surface area contributed by atoms with Crippen LogP contribution in [0, 0.1) is 5.41 Å². The molecule has 0 saturated carbocycles. The Hall–Kier alpha value is -2.23. The number of hydrogen-bond acceptors (Lipinski definition) is 3. The second-order valence-electron chi connectivity index (χ2n) is 9.99. The molecule has 0 saturated heterocycles. The van der Waals surface area contributed by atoms with Gasteiger partial charge in [0, 0.05) is 30.0 Å². The highest BCUT2D eigenvalue weighted by atomic mass is 16.5. The molecule has 4 nitrogen and oxygen atoms in total. The van der Waals surface area contributed by atoms with E-state index in [0.29, 0.717) is 5.69 Å². The molecule has 0 aliphatic carbocycles. The number of anilines is 1. The summed E-state index contributed by atoms with van der Waals surface area (Å²) in [4.78, 5) is 12.6. The second-order valence-corrected chi connectivity index (χ2v) is 9.99. The summed E-state index contributed by atoms with van der Waals surface area (Å²) in [5, 5.41) is 3.46. The normalized spacial score (nSPS) is 13.3. The molecule has 4 heteroatoms. The van der Waals surface area contributed by atoms with Crippen molar-refractivity contribution in [1.29, 1.82) is 0 Å². The highest BCUT2D eigenvalue weighted by Gasteiger charge is 2.19. The summed E-state index contributed by atoms with van der Waals surface area (Å²) in [6.45, 7) is 15.0. The molecule has 1 atom stereocenters. The summed E-state index contributed by atoms with van der Waals surface area (Å²) in [7, 11) is 1.88. The van der Waals surface area contributed by atoms with Crippen LogP contribution in [-0.2, 0) is 11.8 Å². The zero-order valence-electron chi connectivity index (χ0n) is 18.7. The van der Waals surface area contributed by atoms with E-state index in [9.17, 15) is 4.79 Å². The van der Waals surface area contributed by atoms with Crippen molar-refractivity contribution >= 4 is 11.7 Å². The summed E-state index contributed by atoms with van der Waals surface area (Å²) in [5.74, 6) is -0.263. The predicted molar refractivity (Wildman–Crippen MR) is 118 cm³/mol. The highest BCUT2D eigenvalue weighted by molar-refractivity contribution is 5.90. The van der Waals surface area contributed by atoms with E-state index in [1.165, 1.54) is 0 Å². The largest absolute Gasteiger partial charge is 0.458 e. The Labute approximate surface area is 170 Å². The molecular formula is C24H36N2O2. The molecule has 0 spiro atoms. The Morgan fingerprint density at radius 2 is 1.68 bits per heavy atom. The molecule has 0 amide bonds. The van der Waals surface area contributed by atoms with Gasteiger partial charge in [0.2, 0.25) is 0 Å². The summed E-state index contributed by atoms with van der Waals surface area (Å²) < 4.78 is 7.51. The van der Waals surface area contributed by atoms with E-state index in [1.807, 2.05) is 30.8 Å². The molecule has 28 heavy (non-hydrogen) atoms. The molecule has 0 fully saturated rings. The predicted octanol–water partition coefficient (Wildman–Crippen LogP) is 6.27. The summed E-state index contributed by atoms with van der Waals surface area (Å²) in [6, 6.07) is 10.2. The van der Waals surface area contributed by atoms with Crippen LogP contribution in [0.5, 0.6) is 0 Å². The smallest absolute Gasteiger partial charge is 0.355 e. The second kappa shape index (κ2) is 8.42. The molecule has 154 valence electrons. The third-order valence-electron chi connectivity index (χ3n) is 4.56. The van der Waals surface area contributed by atoms with Gasteiger partial charge in [-0.25, -0.2) is 4.79 Å². The minimum absolute atomic E-state index is 0.0227. The van der Waals surface area contributed by atoms with E-state index in [1.54, 1.807) is 0 Å². The van der Waals surface area contributed by atoms with Crippen molar-refractivity contribution < 1.29 is 9.53 Å². The standard InChI is InChI=1S/C24H36N2O2/c1-17(13-14-23(2,3)4)28-22(27)21-15-19(16-26(21)8)18-9-11-20(12-10-18)25-24(5,6)7/h9-12,15-17,25H,13-14H2,1-8H3/t17-/m0/s1. The van der Waals surface area contributed by atoms with Gasteiger partial charge in [0.25, 0.3) is 0 Å². The first kappa shape index (κ1) is 22.1. The fourth-order valence-electron chi connectivity index (χ4n) is 3.04. The van der Waals surface area contributed by atoms with Crippen molar-refractivity contribution in [2.75, 3.05) is 5.32 Å². The summed E-state index contributed by atoms with van der Waals surface area (Å²) in [5.41, 5.74) is 4.02. The molecular weight excluding hydrogens is 348 g/mol. The molecule has 0 radical (unpaired) electrons. The third kappa shape index (κ3) is 6.74. The quantitative estimate of drug-likeness (QED) is 0.597. The summed E-state index contributed by atoms with van der Waals surface area (Å²) >= 11 is 0. The third-order valence-corrected chi connectivity index (χ3v) is 4.56. The molecule has 1 heterocycles. The Kier molecular flexibility index (Phi) is 6.63. The van der Waals surface area contributed by atoms with Crippen LogP contribution in [0.3, 0.4) is 0 Å². The molecule has 2 rings (SSSR count). The maximum atomic E-state index is 12.6. The Bertz CT molecular complexity index is 789. The number of rotatable bonds is 6. The Morgan fingerprint density at radius 3 is 2.21 bits per heavy atom. The van der Waals surface area contributed by atoms with Gasteiger partial charge in [-0.05, 0) is 69.7 Å². The average molecular weight is 385 g/mol. The van der Waals surface area contributed by atoms with Crippen LogP contribution in [-0.4, -0.2) is 22.2 Å². The fraction of sp³-hybridized carbons (Fsp3) is 0.542. The lowest BCUT2D eigenvalue weighted by atomic mass is 9.89.